The van der Waals surface area contributed by atoms with Crippen LogP contribution in [0.4, 0.5) is 4.39 Å². The van der Waals surface area contributed by atoms with Gasteiger partial charge < -0.3 is 5.21 Å². The smallest absolute Gasteiger partial charge is 0.130 e. The van der Waals surface area contributed by atoms with Crippen LogP contribution in [0.5, 0.6) is 0 Å². The Bertz CT molecular complexity index is 383. The van der Waals surface area contributed by atoms with Crippen LogP contribution in [0, 0.1) is 5.82 Å². The molecule has 0 atom stereocenters. The summed E-state index contributed by atoms with van der Waals surface area (Å²) in [6.07, 6.45) is 1.64. The van der Waals surface area contributed by atoms with Crippen molar-refractivity contribution in [2.75, 3.05) is 0 Å². The average molecular weight is 193 g/mol. The van der Waals surface area contributed by atoms with Gasteiger partial charge in [-0.3, -0.25) is 0 Å². The fourth-order valence-corrected chi connectivity index (χ4v) is 1.01. The molecule has 0 spiro atoms. The van der Waals surface area contributed by atoms with Crippen molar-refractivity contribution in [2.45, 2.75) is 13.8 Å². The third-order valence-electron chi connectivity index (χ3n) is 2.00. The fourth-order valence-electron chi connectivity index (χ4n) is 1.01. The van der Waals surface area contributed by atoms with E-state index in [4.69, 9.17) is 5.21 Å². The van der Waals surface area contributed by atoms with Crippen LogP contribution in [-0.4, -0.2) is 10.9 Å². The first-order chi connectivity index (χ1) is 6.65. The van der Waals surface area contributed by atoms with E-state index >= 15 is 0 Å². The molecule has 0 aromatic heterocycles. The molecule has 1 aromatic carbocycles. The second kappa shape index (κ2) is 4.56. The van der Waals surface area contributed by atoms with Crippen LogP contribution in [0.15, 0.2) is 35.0 Å². The second-order valence-electron chi connectivity index (χ2n) is 3.03. The number of oxime groups is 1. The number of hydrogen-bond donors (Lipinski definition) is 1. The molecule has 14 heavy (non-hydrogen) atoms. The molecule has 74 valence electrons. The van der Waals surface area contributed by atoms with E-state index < -0.39 is 0 Å². The molecule has 0 saturated heterocycles. The van der Waals surface area contributed by atoms with Gasteiger partial charge in [0.25, 0.3) is 0 Å². The van der Waals surface area contributed by atoms with E-state index in [-0.39, 0.29) is 5.82 Å². The zero-order valence-electron chi connectivity index (χ0n) is 8.16. The number of nitrogens with zero attached hydrogens (tertiary/aromatic N) is 1. The van der Waals surface area contributed by atoms with Gasteiger partial charge in [-0.05, 0) is 31.6 Å². The molecular formula is C11H12FNO. The number of allylic oxidation sites excluding steroid dienone is 1. The van der Waals surface area contributed by atoms with Crippen molar-refractivity contribution in [3.05, 3.63) is 41.2 Å². The van der Waals surface area contributed by atoms with E-state index in [1.165, 1.54) is 6.07 Å². The van der Waals surface area contributed by atoms with Crippen LogP contribution < -0.4 is 0 Å². The maximum Gasteiger partial charge on any atom is 0.130 e. The lowest BCUT2D eigenvalue weighted by Crippen LogP contribution is -1.93. The van der Waals surface area contributed by atoms with Gasteiger partial charge in [-0.25, -0.2) is 4.39 Å². The van der Waals surface area contributed by atoms with Gasteiger partial charge in [0.15, 0.2) is 0 Å². The number of benzene rings is 1. The van der Waals surface area contributed by atoms with E-state index in [9.17, 15) is 4.39 Å². The number of rotatable bonds is 2. The lowest BCUT2D eigenvalue weighted by atomic mass is 10.1. The Morgan fingerprint density at radius 2 is 2.00 bits per heavy atom. The molecule has 0 bridgehead atoms. The molecule has 0 saturated carbocycles. The highest BCUT2D eigenvalue weighted by molar-refractivity contribution is 6.01. The number of hydrogen-bond acceptors (Lipinski definition) is 2. The Kier molecular flexibility index (Phi) is 3.40. The van der Waals surface area contributed by atoms with Crippen molar-refractivity contribution < 1.29 is 9.60 Å². The van der Waals surface area contributed by atoms with E-state index in [2.05, 4.69) is 5.16 Å². The predicted octanol–water partition coefficient (Wildman–Crippen LogP) is 3.08. The first-order valence-electron chi connectivity index (χ1n) is 4.27. The summed E-state index contributed by atoms with van der Waals surface area (Å²) >= 11 is 0. The first kappa shape index (κ1) is 10.4. The Morgan fingerprint density at radius 3 is 2.57 bits per heavy atom. The quantitative estimate of drug-likeness (QED) is 0.437. The first-order valence-corrected chi connectivity index (χ1v) is 4.27. The van der Waals surface area contributed by atoms with Gasteiger partial charge >= 0.3 is 0 Å². The van der Waals surface area contributed by atoms with Crippen LogP contribution in [0.25, 0.3) is 6.08 Å². The van der Waals surface area contributed by atoms with Crippen molar-refractivity contribution in [3.63, 3.8) is 0 Å². The molecule has 1 aromatic rings. The lowest BCUT2D eigenvalue weighted by molar-refractivity contribution is 0.319. The van der Waals surface area contributed by atoms with Crippen LogP contribution in [0.2, 0.25) is 0 Å². The Balaban J connectivity index is 3.04. The Morgan fingerprint density at radius 1 is 1.36 bits per heavy atom. The Labute approximate surface area is 82.4 Å². The van der Waals surface area contributed by atoms with E-state index in [0.29, 0.717) is 11.3 Å². The minimum atomic E-state index is -0.280. The number of halogens is 1. The SMILES string of the molecule is CC(=C/c1ccccc1F)/C(C)=N/O. The molecule has 1 N–H and O–H groups in total. The summed E-state index contributed by atoms with van der Waals surface area (Å²) in [4.78, 5) is 0. The van der Waals surface area contributed by atoms with E-state index in [1.807, 2.05) is 0 Å². The molecule has 0 amide bonds. The summed E-state index contributed by atoms with van der Waals surface area (Å²) in [5, 5.41) is 11.5. The highest BCUT2D eigenvalue weighted by Gasteiger charge is 1.99. The summed E-state index contributed by atoms with van der Waals surface area (Å²) in [6.45, 7) is 3.42. The standard InChI is InChI=1S/C11H12FNO/c1-8(9(2)13-14)7-10-5-3-4-6-11(10)12/h3-7,14H,1-2H3/b8-7-,13-9+. The summed E-state index contributed by atoms with van der Waals surface area (Å²) in [7, 11) is 0. The maximum atomic E-state index is 13.2. The largest absolute Gasteiger partial charge is 0.411 e. The highest BCUT2D eigenvalue weighted by Crippen LogP contribution is 2.11. The van der Waals surface area contributed by atoms with Crippen molar-refractivity contribution in [1.29, 1.82) is 0 Å². The van der Waals surface area contributed by atoms with Gasteiger partial charge in [0.05, 0.1) is 5.71 Å². The molecule has 0 radical (unpaired) electrons. The fraction of sp³-hybridized carbons (Fsp3) is 0.182. The van der Waals surface area contributed by atoms with Gasteiger partial charge in [-0.15, -0.1) is 0 Å². The van der Waals surface area contributed by atoms with Crippen molar-refractivity contribution in [3.8, 4) is 0 Å². The molecule has 0 heterocycles. The molecule has 0 unspecified atom stereocenters. The zero-order valence-corrected chi connectivity index (χ0v) is 8.16. The van der Waals surface area contributed by atoms with Crippen LogP contribution in [0.3, 0.4) is 0 Å². The summed E-state index contributed by atoms with van der Waals surface area (Å²) in [5.41, 5.74) is 1.71. The Hall–Kier alpha value is -1.64. The molecule has 3 heteroatoms. The van der Waals surface area contributed by atoms with Gasteiger partial charge in [0.1, 0.15) is 5.82 Å². The molecule has 1 rings (SSSR count). The topological polar surface area (TPSA) is 32.6 Å². The third kappa shape index (κ3) is 2.42. The normalized spacial score (nSPS) is 13.1. The lowest BCUT2D eigenvalue weighted by Gasteiger charge is -1.99. The zero-order chi connectivity index (χ0) is 10.6. The minimum absolute atomic E-state index is 0.280. The van der Waals surface area contributed by atoms with E-state index in [0.717, 1.165) is 5.57 Å². The summed E-state index contributed by atoms with van der Waals surface area (Å²) in [5.74, 6) is -0.280. The highest BCUT2D eigenvalue weighted by atomic mass is 19.1. The van der Waals surface area contributed by atoms with Crippen molar-refractivity contribution in [1.82, 2.24) is 0 Å². The monoisotopic (exact) mass is 193 g/mol. The molecule has 0 fully saturated rings. The molecule has 0 aliphatic heterocycles. The minimum Gasteiger partial charge on any atom is -0.411 e. The van der Waals surface area contributed by atoms with Crippen molar-refractivity contribution in [2.24, 2.45) is 5.16 Å². The van der Waals surface area contributed by atoms with Gasteiger partial charge in [0, 0.05) is 5.56 Å². The van der Waals surface area contributed by atoms with Gasteiger partial charge in [0.2, 0.25) is 0 Å². The maximum absolute atomic E-state index is 13.2. The molecule has 0 aliphatic carbocycles. The molecule has 0 aliphatic rings. The van der Waals surface area contributed by atoms with Gasteiger partial charge in [-0.2, -0.15) is 0 Å². The van der Waals surface area contributed by atoms with Crippen LogP contribution in [-0.2, 0) is 0 Å². The molecule has 2 nitrogen and oxygen atoms in total. The second-order valence-corrected chi connectivity index (χ2v) is 3.03. The van der Waals surface area contributed by atoms with E-state index in [1.54, 1.807) is 38.1 Å². The summed E-state index contributed by atoms with van der Waals surface area (Å²) < 4.78 is 13.2. The van der Waals surface area contributed by atoms with Gasteiger partial charge in [-0.1, -0.05) is 23.4 Å². The van der Waals surface area contributed by atoms with Crippen molar-refractivity contribution >= 4 is 11.8 Å². The summed E-state index contributed by atoms with van der Waals surface area (Å²) in [6, 6.07) is 6.45. The third-order valence-corrected chi connectivity index (χ3v) is 2.00. The van der Waals surface area contributed by atoms with Crippen LogP contribution in [0.1, 0.15) is 19.4 Å². The van der Waals surface area contributed by atoms with Crippen LogP contribution >= 0.6 is 0 Å². The average Bonchev–Trinajstić information content (AvgIpc) is 2.20. The molecular weight excluding hydrogens is 181 g/mol. The predicted molar refractivity (Wildman–Crippen MR) is 54.9 cm³/mol.